The zero-order chi connectivity index (χ0) is 6.69. The standard InChI is InChI=1S/C6H5Br2N.ClH/c7-3-5-1-2-6(8)9-4-5;/h1-2,4H,3H2;1H. The molecular weight excluding hydrogens is 281 g/mol. The van der Waals surface area contributed by atoms with Gasteiger partial charge in [-0.2, -0.15) is 0 Å². The summed E-state index contributed by atoms with van der Waals surface area (Å²) in [5.41, 5.74) is 1.19. The van der Waals surface area contributed by atoms with Crippen LogP contribution in [0.3, 0.4) is 0 Å². The van der Waals surface area contributed by atoms with Crippen molar-refractivity contribution in [1.29, 1.82) is 0 Å². The lowest BCUT2D eigenvalue weighted by atomic mass is 10.3. The minimum Gasteiger partial charge on any atom is -0.249 e. The summed E-state index contributed by atoms with van der Waals surface area (Å²) >= 11 is 6.57. The smallest absolute Gasteiger partial charge is 0.106 e. The summed E-state index contributed by atoms with van der Waals surface area (Å²) in [7, 11) is 0. The SMILES string of the molecule is BrCc1ccc(Br)nc1.Cl. The maximum atomic E-state index is 4.04. The summed E-state index contributed by atoms with van der Waals surface area (Å²) in [5.74, 6) is 0. The monoisotopic (exact) mass is 285 g/mol. The van der Waals surface area contributed by atoms with Crippen molar-refractivity contribution in [2.24, 2.45) is 0 Å². The van der Waals surface area contributed by atoms with E-state index in [-0.39, 0.29) is 12.4 Å². The first-order chi connectivity index (χ1) is 4.33. The number of nitrogens with zero attached hydrogens (tertiary/aromatic N) is 1. The molecule has 1 heterocycles. The lowest BCUT2D eigenvalue weighted by molar-refractivity contribution is 1.22. The van der Waals surface area contributed by atoms with Crippen molar-refractivity contribution in [3.05, 3.63) is 28.5 Å². The van der Waals surface area contributed by atoms with E-state index in [0.29, 0.717) is 0 Å². The maximum Gasteiger partial charge on any atom is 0.106 e. The zero-order valence-corrected chi connectivity index (χ0v) is 9.04. The van der Waals surface area contributed by atoms with Gasteiger partial charge in [0, 0.05) is 11.5 Å². The average molecular weight is 287 g/mol. The average Bonchev–Trinajstić information content (AvgIpc) is 1.90. The lowest BCUT2D eigenvalue weighted by Gasteiger charge is -1.91. The number of halogens is 3. The van der Waals surface area contributed by atoms with Crippen LogP contribution in [0, 0.1) is 0 Å². The van der Waals surface area contributed by atoms with Crippen molar-refractivity contribution in [1.82, 2.24) is 4.98 Å². The van der Waals surface area contributed by atoms with E-state index in [9.17, 15) is 0 Å². The lowest BCUT2D eigenvalue weighted by Crippen LogP contribution is -1.78. The Morgan fingerprint density at radius 2 is 2.10 bits per heavy atom. The van der Waals surface area contributed by atoms with E-state index in [1.165, 1.54) is 5.56 Å². The van der Waals surface area contributed by atoms with Crippen LogP contribution in [0.2, 0.25) is 0 Å². The van der Waals surface area contributed by atoms with E-state index in [1.54, 1.807) is 0 Å². The van der Waals surface area contributed by atoms with Crippen molar-refractivity contribution in [3.63, 3.8) is 0 Å². The van der Waals surface area contributed by atoms with Gasteiger partial charge < -0.3 is 0 Å². The van der Waals surface area contributed by atoms with Crippen LogP contribution in [0.5, 0.6) is 0 Å². The molecule has 0 N–H and O–H groups in total. The predicted octanol–water partition coefficient (Wildman–Crippen LogP) is 3.16. The molecule has 0 saturated carbocycles. The molecule has 0 aromatic carbocycles. The summed E-state index contributed by atoms with van der Waals surface area (Å²) < 4.78 is 0.882. The molecule has 0 aliphatic carbocycles. The molecule has 0 amide bonds. The largest absolute Gasteiger partial charge is 0.249 e. The Hall–Kier alpha value is 0.400. The summed E-state index contributed by atoms with van der Waals surface area (Å²) in [6.45, 7) is 0. The second-order valence-corrected chi connectivity index (χ2v) is 3.00. The maximum absolute atomic E-state index is 4.04. The van der Waals surface area contributed by atoms with E-state index in [2.05, 4.69) is 36.8 Å². The predicted molar refractivity (Wildman–Crippen MR) is 51.8 cm³/mol. The van der Waals surface area contributed by atoms with Crippen LogP contribution in [0.1, 0.15) is 5.56 Å². The molecule has 1 aromatic heterocycles. The van der Waals surface area contributed by atoms with Gasteiger partial charge in [-0.25, -0.2) is 4.98 Å². The van der Waals surface area contributed by atoms with Gasteiger partial charge in [-0.3, -0.25) is 0 Å². The highest BCUT2D eigenvalue weighted by Crippen LogP contribution is 2.08. The highest BCUT2D eigenvalue weighted by Gasteiger charge is 1.88. The summed E-state index contributed by atoms with van der Waals surface area (Å²) in [4.78, 5) is 4.04. The van der Waals surface area contributed by atoms with Crippen molar-refractivity contribution < 1.29 is 0 Å². The van der Waals surface area contributed by atoms with Gasteiger partial charge in [0.1, 0.15) is 4.60 Å². The first-order valence-electron chi connectivity index (χ1n) is 2.49. The summed E-state index contributed by atoms with van der Waals surface area (Å²) in [6, 6.07) is 3.95. The molecule has 0 aliphatic rings. The molecule has 4 heteroatoms. The quantitative estimate of drug-likeness (QED) is 0.571. The normalized spacial score (nSPS) is 8.60. The Morgan fingerprint density at radius 3 is 2.50 bits per heavy atom. The van der Waals surface area contributed by atoms with Crippen LogP contribution < -0.4 is 0 Å². The van der Waals surface area contributed by atoms with Gasteiger partial charge in [-0.15, -0.1) is 12.4 Å². The van der Waals surface area contributed by atoms with Crippen molar-refractivity contribution in [2.75, 3.05) is 0 Å². The number of rotatable bonds is 1. The molecule has 0 radical (unpaired) electrons. The van der Waals surface area contributed by atoms with Crippen LogP contribution in [-0.4, -0.2) is 4.98 Å². The van der Waals surface area contributed by atoms with Gasteiger partial charge >= 0.3 is 0 Å². The number of hydrogen-bond donors (Lipinski definition) is 0. The van der Waals surface area contributed by atoms with Crippen LogP contribution in [0.15, 0.2) is 22.9 Å². The fourth-order valence-corrected chi connectivity index (χ4v) is 1.05. The van der Waals surface area contributed by atoms with Gasteiger partial charge in [0.2, 0.25) is 0 Å². The Morgan fingerprint density at radius 1 is 1.40 bits per heavy atom. The minimum atomic E-state index is 0. The second kappa shape index (κ2) is 5.10. The first-order valence-corrected chi connectivity index (χ1v) is 4.41. The minimum absolute atomic E-state index is 0. The molecule has 0 aliphatic heterocycles. The molecule has 0 fully saturated rings. The third-order valence-corrected chi connectivity index (χ3v) is 2.06. The molecular formula is C6H6Br2ClN. The van der Waals surface area contributed by atoms with E-state index >= 15 is 0 Å². The van der Waals surface area contributed by atoms with Gasteiger partial charge in [-0.05, 0) is 27.6 Å². The van der Waals surface area contributed by atoms with Gasteiger partial charge in [0.25, 0.3) is 0 Å². The van der Waals surface area contributed by atoms with Gasteiger partial charge in [0.15, 0.2) is 0 Å². The van der Waals surface area contributed by atoms with E-state index in [1.807, 2.05) is 18.3 Å². The van der Waals surface area contributed by atoms with Gasteiger partial charge in [0.05, 0.1) is 0 Å². The van der Waals surface area contributed by atoms with Crippen LogP contribution in [0.4, 0.5) is 0 Å². The fourth-order valence-electron chi connectivity index (χ4n) is 0.485. The topological polar surface area (TPSA) is 12.9 Å². The molecule has 1 rings (SSSR count). The van der Waals surface area contributed by atoms with E-state index in [4.69, 9.17) is 0 Å². The molecule has 0 atom stereocenters. The fraction of sp³-hybridized carbons (Fsp3) is 0.167. The van der Waals surface area contributed by atoms with Crippen LogP contribution in [-0.2, 0) is 5.33 Å². The van der Waals surface area contributed by atoms with E-state index in [0.717, 1.165) is 9.93 Å². The number of alkyl halides is 1. The molecule has 56 valence electrons. The Bertz CT molecular complexity index is 187. The Balaban J connectivity index is 0.000000810. The summed E-state index contributed by atoms with van der Waals surface area (Å²) in [5, 5.41) is 0.868. The highest BCUT2D eigenvalue weighted by molar-refractivity contribution is 9.10. The Labute approximate surface area is 82.9 Å². The van der Waals surface area contributed by atoms with Crippen molar-refractivity contribution in [3.8, 4) is 0 Å². The number of pyridine rings is 1. The number of aromatic nitrogens is 1. The van der Waals surface area contributed by atoms with Crippen molar-refractivity contribution in [2.45, 2.75) is 5.33 Å². The third-order valence-electron chi connectivity index (χ3n) is 0.943. The Kier molecular flexibility index (Phi) is 5.31. The third kappa shape index (κ3) is 2.99. The molecule has 0 spiro atoms. The molecule has 0 saturated heterocycles. The molecule has 1 aromatic rings. The van der Waals surface area contributed by atoms with Crippen LogP contribution >= 0.6 is 44.3 Å². The molecule has 1 nitrogen and oxygen atoms in total. The second-order valence-electron chi connectivity index (χ2n) is 1.62. The first kappa shape index (κ1) is 10.4. The molecule has 0 unspecified atom stereocenters. The number of hydrogen-bond acceptors (Lipinski definition) is 1. The summed E-state index contributed by atoms with van der Waals surface area (Å²) in [6.07, 6.45) is 1.83. The zero-order valence-electron chi connectivity index (χ0n) is 5.05. The van der Waals surface area contributed by atoms with E-state index < -0.39 is 0 Å². The van der Waals surface area contributed by atoms with Crippen LogP contribution in [0.25, 0.3) is 0 Å². The highest BCUT2D eigenvalue weighted by atomic mass is 79.9. The molecule has 10 heavy (non-hydrogen) atoms. The molecule has 0 bridgehead atoms. The van der Waals surface area contributed by atoms with Gasteiger partial charge in [-0.1, -0.05) is 22.0 Å². The van der Waals surface area contributed by atoms with Crippen molar-refractivity contribution >= 4 is 44.3 Å².